The van der Waals surface area contributed by atoms with Crippen LogP contribution in [0.15, 0.2) is 18.2 Å². The van der Waals surface area contributed by atoms with Gasteiger partial charge in [0, 0.05) is 24.8 Å². The summed E-state index contributed by atoms with van der Waals surface area (Å²) in [5.74, 6) is 0. The van der Waals surface area contributed by atoms with Crippen LogP contribution in [0.25, 0.3) is 0 Å². The number of hydrogen-bond donors (Lipinski definition) is 1. The SMILES string of the molecule is CN1CCCC(Nc2ccc3c(c2)CCN3C(=O)OC(C)(C)C)C1. The van der Waals surface area contributed by atoms with Crippen molar-refractivity contribution in [2.75, 3.05) is 36.9 Å². The fourth-order valence-electron chi connectivity index (χ4n) is 3.52. The predicted molar refractivity (Wildman–Crippen MR) is 97.9 cm³/mol. The fourth-order valence-corrected chi connectivity index (χ4v) is 3.52. The van der Waals surface area contributed by atoms with Crippen molar-refractivity contribution >= 4 is 17.5 Å². The van der Waals surface area contributed by atoms with Crippen LogP contribution in [0.1, 0.15) is 39.2 Å². The molecular weight excluding hydrogens is 302 g/mol. The van der Waals surface area contributed by atoms with Gasteiger partial charge in [-0.15, -0.1) is 0 Å². The van der Waals surface area contributed by atoms with E-state index in [1.165, 1.54) is 24.9 Å². The van der Waals surface area contributed by atoms with Gasteiger partial charge in [-0.1, -0.05) is 0 Å². The van der Waals surface area contributed by atoms with E-state index in [9.17, 15) is 4.79 Å². The van der Waals surface area contributed by atoms with Crippen molar-refractivity contribution in [1.29, 1.82) is 0 Å². The van der Waals surface area contributed by atoms with Gasteiger partial charge in [-0.3, -0.25) is 4.90 Å². The Morgan fingerprint density at radius 3 is 2.79 bits per heavy atom. The number of rotatable bonds is 2. The lowest BCUT2D eigenvalue weighted by Crippen LogP contribution is -2.39. The quantitative estimate of drug-likeness (QED) is 0.901. The maximum atomic E-state index is 12.3. The van der Waals surface area contributed by atoms with Crippen LogP contribution in [0.5, 0.6) is 0 Å². The molecule has 3 rings (SSSR count). The monoisotopic (exact) mass is 331 g/mol. The highest BCUT2D eigenvalue weighted by Gasteiger charge is 2.29. The van der Waals surface area contributed by atoms with E-state index in [0.717, 1.165) is 24.3 Å². The number of hydrogen-bond acceptors (Lipinski definition) is 4. The molecule has 1 fully saturated rings. The van der Waals surface area contributed by atoms with Crippen molar-refractivity contribution in [1.82, 2.24) is 4.90 Å². The third kappa shape index (κ3) is 4.01. The van der Waals surface area contributed by atoms with E-state index in [0.29, 0.717) is 12.6 Å². The molecule has 2 aliphatic heterocycles. The van der Waals surface area contributed by atoms with Crippen molar-refractivity contribution in [3.63, 3.8) is 0 Å². The van der Waals surface area contributed by atoms with Crippen LogP contribution in [-0.4, -0.2) is 49.3 Å². The highest BCUT2D eigenvalue weighted by molar-refractivity contribution is 5.91. The lowest BCUT2D eigenvalue weighted by atomic mass is 10.1. The van der Waals surface area contributed by atoms with Gasteiger partial charge in [-0.05, 0) is 77.4 Å². The number of nitrogens with one attached hydrogen (secondary N) is 1. The Hall–Kier alpha value is -1.75. The van der Waals surface area contributed by atoms with Crippen LogP contribution in [0, 0.1) is 0 Å². The lowest BCUT2D eigenvalue weighted by Gasteiger charge is -2.31. The first-order valence-corrected chi connectivity index (χ1v) is 8.90. The first kappa shape index (κ1) is 17.1. The standard InChI is InChI=1S/C19H29N3O2/c1-19(2,3)24-18(23)22-11-9-14-12-15(7-8-17(14)22)20-16-6-5-10-21(4)13-16/h7-8,12,16,20H,5-6,9-11,13H2,1-4H3. The molecule has 1 saturated heterocycles. The van der Waals surface area contributed by atoms with Crippen molar-refractivity contribution < 1.29 is 9.53 Å². The van der Waals surface area contributed by atoms with Gasteiger partial charge in [0.05, 0.1) is 5.69 Å². The molecule has 1 amide bonds. The minimum Gasteiger partial charge on any atom is -0.443 e. The van der Waals surface area contributed by atoms with Crippen LogP contribution in [0.2, 0.25) is 0 Å². The van der Waals surface area contributed by atoms with Crippen molar-refractivity contribution in [2.24, 2.45) is 0 Å². The Kier molecular flexibility index (Phi) is 4.72. The second kappa shape index (κ2) is 6.63. The first-order chi connectivity index (χ1) is 11.3. The van der Waals surface area contributed by atoms with Crippen LogP contribution in [0.3, 0.4) is 0 Å². The molecule has 1 atom stereocenters. The van der Waals surface area contributed by atoms with Crippen molar-refractivity contribution in [3.8, 4) is 0 Å². The number of carbonyl (C=O) groups excluding carboxylic acids is 1. The number of amides is 1. The molecule has 0 aromatic heterocycles. The van der Waals surface area contributed by atoms with E-state index in [1.54, 1.807) is 4.90 Å². The zero-order valence-electron chi connectivity index (χ0n) is 15.3. The molecule has 24 heavy (non-hydrogen) atoms. The molecule has 1 aromatic rings. The van der Waals surface area contributed by atoms with Gasteiger partial charge >= 0.3 is 6.09 Å². The van der Waals surface area contributed by atoms with E-state index < -0.39 is 5.60 Å². The Bertz CT molecular complexity index is 609. The Balaban J connectivity index is 1.68. The average molecular weight is 331 g/mol. The molecule has 0 aliphatic carbocycles. The van der Waals surface area contributed by atoms with Crippen LogP contribution in [0.4, 0.5) is 16.2 Å². The van der Waals surface area contributed by atoms with E-state index in [-0.39, 0.29) is 6.09 Å². The Morgan fingerprint density at radius 2 is 2.08 bits per heavy atom. The minimum absolute atomic E-state index is 0.254. The number of carbonyl (C=O) groups is 1. The second-order valence-corrected chi connectivity index (χ2v) is 7.97. The van der Waals surface area contributed by atoms with E-state index in [2.05, 4.69) is 29.4 Å². The topological polar surface area (TPSA) is 44.8 Å². The van der Waals surface area contributed by atoms with E-state index >= 15 is 0 Å². The second-order valence-electron chi connectivity index (χ2n) is 7.97. The third-order valence-corrected chi connectivity index (χ3v) is 4.58. The number of ether oxygens (including phenoxy) is 1. The Labute approximate surface area is 145 Å². The highest BCUT2D eigenvalue weighted by atomic mass is 16.6. The van der Waals surface area contributed by atoms with Crippen LogP contribution >= 0.6 is 0 Å². The Morgan fingerprint density at radius 1 is 1.29 bits per heavy atom. The van der Waals surface area contributed by atoms with Gasteiger partial charge < -0.3 is 15.0 Å². The van der Waals surface area contributed by atoms with Crippen LogP contribution in [-0.2, 0) is 11.2 Å². The maximum Gasteiger partial charge on any atom is 0.414 e. The van der Waals surface area contributed by atoms with E-state index in [1.807, 2.05) is 26.8 Å². The molecule has 1 N–H and O–H groups in total. The van der Waals surface area contributed by atoms with Gasteiger partial charge in [0.1, 0.15) is 5.60 Å². The van der Waals surface area contributed by atoms with Gasteiger partial charge in [0.2, 0.25) is 0 Å². The molecule has 1 aromatic carbocycles. The van der Waals surface area contributed by atoms with Gasteiger partial charge in [0.25, 0.3) is 0 Å². The van der Waals surface area contributed by atoms with Gasteiger partial charge in [-0.2, -0.15) is 0 Å². The van der Waals surface area contributed by atoms with Gasteiger partial charge in [-0.25, -0.2) is 4.79 Å². The summed E-state index contributed by atoms with van der Waals surface area (Å²) >= 11 is 0. The molecule has 1 unspecified atom stereocenters. The molecule has 0 bridgehead atoms. The zero-order valence-corrected chi connectivity index (χ0v) is 15.3. The van der Waals surface area contributed by atoms with Crippen LogP contribution < -0.4 is 10.2 Å². The zero-order chi connectivity index (χ0) is 17.3. The van der Waals surface area contributed by atoms with Gasteiger partial charge in [0.15, 0.2) is 0 Å². The molecule has 5 heteroatoms. The smallest absolute Gasteiger partial charge is 0.414 e. The lowest BCUT2D eigenvalue weighted by molar-refractivity contribution is 0.0584. The molecule has 0 spiro atoms. The summed E-state index contributed by atoms with van der Waals surface area (Å²) in [5, 5.41) is 3.65. The number of fused-ring (bicyclic) bond motifs is 1. The summed E-state index contributed by atoms with van der Waals surface area (Å²) in [4.78, 5) is 16.5. The molecule has 0 radical (unpaired) electrons. The number of piperidine rings is 1. The van der Waals surface area contributed by atoms with E-state index in [4.69, 9.17) is 4.74 Å². The summed E-state index contributed by atoms with van der Waals surface area (Å²) < 4.78 is 5.51. The number of likely N-dealkylation sites (N-methyl/N-ethyl adjacent to an activating group) is 1. The fraction of sp³-hybridized carbons (Fsp3) is 0.632. The predicted octanol–water partition coefficient (Wildman–Crippen LogP) is 3.49. The highest BCUT2D eigenvalue weighted by Crippen LogP contribution is 2.32. The summed E-state index contributed by atoms with van der Waals surface area (Å²) in [6, 6.07) is 6.82. The number of likely N-dealkylation sites (tertiary alicyclic amines) is 1. The molecule has 5 nitrogen and oxygen atoms in total. The molecule has 2 aliphatic rings. The first-order valence-electron chi connectivity index (χ1n) is 8.90. The summed E-state index contributed by atoms with van der Waals surface area (Å²) in [6.45, 7) is 8.66. The van der Waals surface area contributed by atoms with Crippen molar-refractivity contribution in [2.45, 2.75) is 51.7 Å². The summed E-state index contributed by atoms with van der Waals surface area (Å²) in [7, 11) is 2.18. The third-order valence-electron chi connectivity index (χ3n) is 4.58. The number of benzene rings is 1. The maximum absolute atomic E-state index is 12.3. The summed E-state index contributed by atoms with van der Waals surface area (Å²) in [6.07, 6.45) is 3.09. The largest absolute Gasteiger partial charge is 0.443 e. The molecule has 2 heterocycles. The number of nitrogens with zero attached hydrogens (tertiary/aromatic N) is 2. The molecule has 132 valence electrons. The van der Waals surface area contributed by atoms with Crippen molar-refractivity contribution in [3.05, 3.63) is 23.8 Å². The minimum atomic E-state index is -0.464. The molecule has 0 saturated carbocycles. The summed E-state index contributed by atoms with van der Waals surface area (Å²) in [5.41, 5.74) is 2.89. The normalized spacial score (nSPS) is 21.5. The average Bonchev–Trinajstić information content (AvgIpc) is 2.88. The number of anilines is 2. The molecular formula is C19H29N3O2.